The summed E-state index contributed by atoms with van der Waals surface area (Å²) in [7, 11) is 3.11. The lowest BCUT2D eigenvalue weighted by atomic mass is 9.52. The summed E-state index contributed by atoms with van der Waals surface area (Å²) in [5.41, 5.74) is 4.54. The van der Waals surface area contributed by atoms with E-state index in [4.69, 9.17) is 5.73 Å². The molecule has 9 nitrogen and oxygen atoms in total. The minimum Gasteiger partial charge on any atom is -0.507 e. The van der Waals surface area contributed by atoms with Gasteiger partial charge < -0.3 is 15.9 Å². The molecule has 3 aliphatic rings. The Bertz CT molecular complexity index is 1110. The zero-order valence-electron chi connectivity index (χ0n) is 18.3. The normalized spacial score (nSPS) is 34.2. The fourth-order valence-electron chi connectivity index (χ4n) is 6.03. The monoisotopic (exact) mass is 442 g/mol. The summed E-state index contributed by atoms with van der Waals surface area (Å²) < 4.78 is 0. The molecule has 0 aromatic heterocycles. The van der Waals surface area contributed by atoms with Crippen LogP contribution in [0.15, 0.2) is 6.07 Å². The molecule has 2 fully saturated rings. The molecule has 0 aliphatic heterocycles. The summed E-state index contributed by atoms with van der Waals surface area (Å²) in [6.45, 7) is 3.46. The molecule has 1 amide bonds. The number of primary amides is 1. The number of rotatable bonds is 2. The predicted octanol–water partition coefficient (Wildman–Crippen LogP) is -0.516. The number of hydrogen-bond donors (Lipinski definition) is 3. The Hall–Kier alpha value is -2.91. The standard InChI is InChI=1S/C23H26N2O7/c1-8-5-9(2)17(26)14-11(8)6-10-7-12-16(25(3)4)19(28)15(22(24)31)21(30)23(12,32)20(29)13(10)18(14)27/h5,10,12-13,15-16,26,32H,6-7H2,1-4H3,(H2,24,31)/t10-,12-,13?,15?,16-,23-/m1/s1. The van der Waals surface area contributed by atoms with Crippen molar-refractivity contribution in [2.24, 2.45) is 29.4 Å². The zero-order chi connectivity index (χ0) is 23.9. The number of benzene rings is 1. The minimum absolute atomic E-state index is 0.0362. The van der Waals surface area contributed by atoms with Crippen LogP contribution in [-0.2, 0) is 25.6 Å². The molecular weight excluding hydrogens is 416 g/mol. The van der Waals surface area contributed by atoms with Crippen LogP contribution in [0, 0.1) is 37.5 Å². The van der Waals surface area contributed by atoms with Crippen molar-refractivity contribution in [3.8, 4) is 5.75 Å². The Morgan fingerprint density at radius 1 is 1.12 bits per heavy atom. The van der Waals surface area contributed by atoms with Crippen LogP contribution in [0.2, 0.25) is 0 Å². The van der Waals surface area contributed by atoms with Gasteiger partial charge in [0.2, 0.25) is 5.91 Å². The number of amides is 1. The van der Waals surface area contributed by atoms with E-state index in [1.54, 1.807) is 27.1 Å². The molecule has 4 rings (SSSR count). The second-order valence-corrected chi connectivity index (χ2v) is 9.50. The fraction of sp³-hybridized carbons (Fsp3) is 0.522. The Balaban J connectivity index is 1.89. The van der Waals surface area contributed by atoms with Crippen molar-refractivity contribution in [2.75, 3.05) is 14.1 Å². The number of aromatic hydroxyl groups is 1. The zero-order valence-corrected chi connectivity index (χ0v) is 18.3. The lowest BCUT2D eigenvalue weighted by Crippen LogP contribution is -2.74. The van der Waals surface area contributed by atoms with Gasteiger partial charge in [-0.2, -0.15) is 0 Å². The van der Waals surface area contributed by atoms with Crippen LogP contribution in [0.3, 0.4) is 0 Å². The van der Waals surface area contributed by atoms with Gasteiger partial charge in [0.1, 0.15) is 5.75 Å². The SMILES string of the molecule is Cc1cc(C)c2c(c1O)C(=O)C1C(=O)[C@@]3(O)C(=O)C(C(N)=O)C(=O)[C@H](N(C)C)[C@H]3C[C@H]1C2. The highest BCUT2D eigenvalue weighted by Crippen LogP contribution is 2.51. The van der Waals surface area contributed by atoms with Gasteiger partial charge in [0.05, 0.1) is 17.5 Å². The third-order valence-corrected chi connectivity index (χ3v) is 7.47. The van der Waals surface area contributed by atoms with E-state index < -0.39 is 64.4 Å². The largest absolute Gasteiger partial charge is 0.507 e. The van der Waals surface area contributed by atoms with Crippen molar-refractivity contribution in [1.82, 2.24) is 4.90 Å². The number of ketones is 4. The van der Waals surface area contributed by atoms with Crippen molar-refractivity contribution in [2.45, 2.75) is 38.3 Å². The van der Waals surface area contributed by atoms with Crippen molar-refractivity contribution < 1.29 is 34.2 Å². The molecule has 6 atom stereocenters. The highest BCUT2D eigenvalue weighted by atomic mass is 16.3. The number of carbonyl (C=O) groups is 5. The first-order valence-electron chi connectivity index (χ1n) is 10.5. The first-order valence-corrected chi connectivity index (χ1v) is 10.5. The summed E-state index contributed by atoms with van der Waals surface area (Å²) in [6.07, 6.45) is 0.337. The topological polar surface area (TPSA) is 155 Å². The summed E-state index contributed by atoms with van der Waals surface area (Å²) in [5.74, 6) is -10.1. The van der Waals surface area contributed by atoms with Gasteiger partial charge in [0.25, 0.3) is 0 Å². The third kappa shape index (κ3) is 2.67. The maximum absolute atomic E-state index is 13.6. The molecule has 32 heavy (non-hydrogen) atoms. The van der Waals surface area contributed by atoms with Gasteiger partial charge >= 0.3 is 0 Å². The Morgan fingerprint density at radius 3 is 2.31 bits per heavy atom. The van der Waals surface area contributed by atoms with E-state index in [2.05, 4.69) is 0 Å². The van der Waals surface area contributed by atoms with Gasteiger partial charge in [0, 0.05) is 5.92 Å². The predicted molar refractivity (Wildman–Crippen MR) is 111 cm³/mol. The number of carbonyl (C=O) groups excluding carboxylic acids is 5. The molecule has 9 heteroatoms. The second-order valence-electron chi connectivity index (χ2n) is 9.50. The number of Topliss-reactive ketones (excluding diaryl/α,β-unsaturated/α-hetero) is 4. The molecule has 2 unspecified atom stereocenters. The number of phenolic OH excluding ortho intramolecular Hbond substituents is 1. The van der Waals surface area contributed by atoms with Gasteiger partial charge in [-0.15, -0.1) is 0 Å². The molecule has 0 radical (unpaired) electrons. The minimum atomic E-state index is -2.69. The van der Waals surface area contributed by atoms with E-state index in [1.807, 2.05) is 6.92 Å². The highest BCUT2D eigenvalue weighted by molar-refractivity contribution is 6.32. The molecule has 4 N–H and O–H groups in total. The van der Waals surface area contributed by atoms with Crippen LogP contribution in [0.5, 0.6) is 5.75 Å². The van der Waals surface area contributed by atoms with Gasteiger partial charge in [-0.1, -0.05) is 6.07 Å². The van der Waals surface area contributed by atoms with E-state index in [0.29, 0.717) is 11.1 Å². The second kappa shape index (κ2) is 7.05. The first kappa shape index (κ1) is 22.3. The van der Waals surface area contributed by atoms with Gasteiger partial charge in [-0.25, -0.2) is 0 Å². The number of hydrogen-bond acceptors (Lipinski definition) is 8. The van der Waals surface area contributed by atoms with E-state index in [1.165, 1.54) is 4.90 Å². The summed E-state index contributed by atoms with van der Waals surface area (Å²) in [5, 5.41) is 22.0. The molecule has 1 aromatic rings. The maximum atomic E-state index is 13.6. The average molecular weight is 442 g/mol. The van der Waals surface area contributed by atoms with Crippen LogP contribution in [-0.4, -0.2) is 69.9 Å². The Morgan fingerprint density at radius 2 is 1.75 bits per heavy atom. The number of aliphatic hydroxyl groups is 1. The highest BCUT2D eigenvalue weighted by Gasteiger charge is 2.69. The van der Waals surface area contributed by atoms with Crippen LogP contribution >= 0.6 is 0 Å². The van der Waals surface area contributed by atoms with Crippen LogP contribution in [0.25, 0.3) is 0 Å². The molecule has 0 saturated heterocycles. The van der Waals surface area contributed by atoms with E-state index in [-0.39, 0.29) is 24.2 Å². The van der Waals surface area contributed by atoms with E-state index >= 15 is 0 Å². The van der Waals surface area contributed by atoms with Crippen molar-refractivity contribution >= 4 is 29.0 Å². The van der Waals surface area contributed by atoms with Crippen molar-refractivity contribution in [3.63, 3.8) is 0 Å². The Labute approximate surface area is 184 Å². The summed E-state index contributed by atoms with van der Waals surface area (Å²) >= 11 is 0. The molecule has 1 aromatic carbocycles. The molecular formula is C23H26N2O7. The molecule has 3 aliphatic carbocycles. The van der Waals surface area contributed by atoms with Crippen LogP contribution < -0.4 is 5.73 Å². The maximum Gasteiger partial charge on any atom is 0.235 e. The lowest BCUT2D eigenvalue weighted by molar-refractivity contribution is -0.181. The average Bonchev–Trinajstić information content (AvgIpc) is 2.68. The molecule has 170 valence electrons. The van der Waals surface area contributed by atoms with Gasteiger partial charge in [0.15, 0.2) is 34.7 Å². The summed E-state index contributed by atoms with van der Waals surface area (Å²) in [6, 6.07) is 0.667. The van der Waals surface area contributed by atoms with E-state index in [0.717, 1.165) is 5.56 Å². The van der Waals surface area contributed by atoms with E-state index in [9.17, 15) is 34.2 Å². The fourth-order valence-corrected chi connectivity index (χ4v) is 6.03. The number of nitrogens with zero attached hydrogens (tertiary/aromatic N) is 1. The quantitative estimate of drug-likeness (QED) is 0.517. The van der Waals surface area contributed by atoms with Crippen molar-refractivity contribution in [1.29, 1.82) is 0 Å². The molecule has 0 heterocycles. The third-order valence-electron chi connectivity index (χ3n) is 7.47. The summed E-state index contributed by atoms with van der Waals surface area (Å²) in [4.78, 5) is 66.6. The number of phenols is 1. The first-order chi connectivity index (χ1) is 14.8. The number of likely N-dealkylation sites (N-methyl/N-ethyl adjacent to an activating group) is 1. The number of fused-ring (bicyclic) bond motifs is 3. The van der Waals surface area contributed by atoms with Crippen molar-refractivity contribution in [3.05, 3.63) is 28.3 Å². The number of aryl methyl sites for hydroxylation is 2. The molecule has 2 saturated carbocycles. The molecule has 0 bridgehead atoms. The lowest BCUT2D eigenvalue weighted by Gasteiger charge is -2.52. The van der Waals surface area contributed by atoms with Gasteiger partial charge in [-0.05, 0) is 63.4 Å². The van der Waals surface area contributed by atoms with Crippen LogP contribution in [0.4, 0.5) is 0 Å². The Kier molecular flexibility index (Phi) is 4.91. The number of nitrogens with two attached hydrogens (primary N) is 1. The smallest absolute Gasteiger partial charge is 0.235 e. The van der Waals surface area contributed by atoms with Crippen LogP contribution in [0.1, 0.15) is 33.5 Å². The van der Waals surface area contributed by atoms with Gasteiger partial charge in [-0.3, -0.25) is 28.9 Å². The molecule has 0 spiro atoms.